The standard InChI is InChI=1S/C8H11N5S/c1-13(2)7-5-6(10-4-9-5)11-8(12-7)14-3/h4H,1-3H3,(H,9,10,11,12). The third kappa shape index (κ3) is 1.41. The lowest BCUT2D eigenvalue weighted by Gasteiger charge is -2.11. The molecule has 0 aliphatic rings. The van der Waals surface area contributed by atoms with Crippen molar-refractivity contribution >= 4 is 28.7 Å². The molecule has 0 aliphatic carbocycles. The maximum absolute atomic E-state index is 4.40. The van der Waals surface area contributed by atoms with Crippen molar-refractivity contribution in [1.82, 2.24) is 19.9 Å². The smallest absolute Gasteiger partial charge is 0.191 e. The topological polar surface area (TPSA) is 57.7 Å². The third-order valence-electron chi connectivity index (χ3n) is 1.85. The molecule has 0 aromatic carbocycles. The number of imidazole rings is 1. The van der Waals surface area contributed by atoms with Gasteiger partial charge in [-0.05, 0) is 6.26 Å². The van der Waals surface area contributed by atoms with E-state index in [1.54, 1.807) is 6.33 Å². The lowest BCUT2D eigenvalue weighted by Crippen LogP contribution is -2.12. The highest BCUT2D eigenvalue weighted by Gasteiger charge is 2.10. The Labute approximate surface area is 86.0 Å². The number of hydrogen-bond donors (Lipinski definition) is 1. The maximum atomic E-state index is 4.40. The summed E-state index contributed by atoms with van der Waals surface area (Å²) in [5.74, 6) is 0.872. The predicted molar refractivity (Wildman–Crippen MR) is 57.8 cm³/mol. The van der Waals surface area contributed by atoms with Crippen LogP contribution in [0, 0.1) is 0 Å². The summed E-state index contributed by atoms with van der Waals surface area (Å²) >= 11 is 1.52. The van der Waals surface area contributed by atoms with Gasteiger partial charge in [0.2, 0.25) is 0 Å². The molecule has 5 nitrogen and oxygen atoms in total. The summed E-state index contributed by atoms with van der Waals surface area (Å²) in [4.78, 5) is 17.8. The SMILES string of the molecule is CSc1nc(N(C)C)c2[nH]cnc2n1. The van der Waals surface area contributed by atoms with Crippen LogP contribution in [0.4, 0.5) is 5.82 Å². The molecule has 6 heteroatoms. The molecule has 2 aromatic rings. The Balaban J connectivity index is 2.70. The highest BCUT2D eigenvalue weighted by atomic mass is 32.2. The first kappa shape index (κ1) is 9.26. The van der Waals surface area contributed by atoms with Crippen LogP contribution in [0.5, 0.6) is 0 Å². The monoisotopic (exact) mass is 209 g/mol. The van der Waals surface area contributed by atoms with Gasteiger partial charge in [0.05, 0.1) is 6.33 Å². The van der Waals surface area contributed by atoms with Crippen molar-refractivity contribution < 1.29 is 0 Å². The van der Waals surface area contributed by atoms with Gasteiger partial charge in [-0.1, -0.05) is 11.8 Å². The van der Waals surface area contributed by atoms with Crippen LogP contribution in [0.1, 0.15) is 0 Å². The molecular weight excluding hydrogens is 198 g/mol. The number of nitrogens with one attached hydrogen (secondary N) is 1. The Morgan fingerprint density at radius 3 is 2.79 bits per heavy atom. The maximum Gasteiger partial charge on any atom is 0.191 e. The first-order valence-corrected chi connectivity index (χ1v) is 5.37. The van der Waals surface area contributed by atoms with Crippen LogP contribution in [0.3, 0.4) is 0 Å². The second kappa shape index (κ2) is 3.45. The van der Waals surface area contributed by atoms with Gasteiger partial charge in [-0.2, -0.15) is 0 Å². The second-order valence-electron chi connectivity index (χ2n) is 3.03. The fourth-order valence-electron chi connectivity index (χ4n) is 1.21. The van der Waals surface area contributed by atoms with Crippen LogP contribution in [0.2, 0.25) is 0 Å². The van der Waals surface area contributed by atoms with Crippen LogP contribution in [0.25, 0.3) is 11.2 Å². The number of nitrogens with zero attached hydrogens (tertiary/aromatic N) is 4. The van der Waals surface area contributed by atoms with Crippen molar-refractivity contribution in [3.8, 4) is 0 Å². The van der Waals surface area contributed by atoms with Crippen LogP contribution in [-0.4, -0.2) is 40.3 Å². The molecule has 2 aromatic heterocycles. The molecule has 1 N–H and O–H groups in total. The van der Waals surface area contributed by atoms with E-state index >= 15 is 0 Å². The molecule has 0 bridgehead atoms. The molecule has 0 saturated carbocycles. The Morgan fingerprint density at radius 1 is 1.36 bits per heavy atom. The first-order valence-electron chi connectivity index (χ1n) is 4.15. The van der Waals surface area contributed by atoms with Gasteiger partial charge in [-0.15, -0.1) is 0 Å². The zero-order valence-electron chi connectivity index (χ0n) is 8.27. The van der Waals surface area contributed by atoms with Crippen LogP contribution in [-0.2, 0) is 0 Å². The Hall–Kier alpha value is -1.30. The van der Waals surface area contributed by atoms with E-state index in [1.165, 1.54) is 11.8 Å². The molecule has 0 atom stereocenters. The third-order valence-corrected chi connectivity index (χ3v) is 2.40. The van der Waals surface area contributed by atoms with E-state index in [0.717, 1.165) is 16.5 Å². The number of aromatic nitrogens is 4. The first-order chi connectivity index (χ1) is 6.72. The molecule has 2 rings (SSSR count). The molecule has 0 unspecified atom stereocenters. The van der Waals surface area contributed by atoms with Gasteiger partial charge in [0.15, 0.2) is 16.6 Å². The summed E-state index contributed by atoms with van der Waals surface area (Å²) in [7, 11) is 3.90. The molecule has 0 aliphatic heterocycles. The van der Waals surface area contributed by atoms with E-state index in [4.69, 9.17) is 0 Å². The van der Waals surface area contributed by atoms with E-state index in [0.29, 0.717) is 5.65 Å². The minimum Gasteiger partial charge on any atom is -0.361 e. The summed E-state index contributed by atoms with van der Waals surface area (Å²) in [6, 6.07) is 0. The van der Waals surface area contributed by atoms with Crippen LogP contribution in [0.15, 0.2) is 11.5 Å². The van der Waals surface area contributed by atoms with Gasteiger partial charge in [-0.3, -0.25) is 0 Å². The number of rotatable bonds is 2. The number of H-pyrrole nitrogens is 1. The number of thioether (sulfide) groups is 1. The Morgan fingerprint density at radius 2 is 2.14 bits per heavy atom. The average molecular weight is 209 g/mol. The summed E-state index contributed by atoms with van der Waals surface area (Å²) in [5, 5.41) is 0.744. The van der Waals surface area contributed by atoms with Crippen molar-refractivity contribution in [2.24, 2.45) is 0 Å². The Kier molecular flexibility index (Phi) is 2.28. The van der Waals surface area contributed by atoms with E-state index in [2.05, 4.69) is 19.9 Å². The summed E-state index contributed by atoms with van der Waals surface area (Å²) < 4.78 is 0. The molecule has 0 amide bonds. The normalized spacial score (nSPS) is 10.8. The van der Waals surface area contributed by atoms with E-state index in [1.807, 2.05) is 25.3 Å². The molecule has 0 saturated heterocycles. The molecule has 0 fully saturated rings. The van der Waals surface area contributed by atoms with Crippen molar-refractivity contribution in [2.75, 3.05) is 25.3 Å². The predicted octanol–water partition coefficient (Wildman–Crippen LogP) is 1.14. The summed E-state index contributed by atoms with van der Waals surface area (Å²) in [6.45, 7) is 0. The minimum atomic E-state index is 0.716. The molecular formula is C8H11N5S. The van der Waals surface area contributed by atoms with Gasteiger partial charge in [0.25, 0.3) is 0 Å². The summed E-state index contributed by atoms with van der Waals surface area (Å²) in [6.07, 6.45) is 3.59. The van der Waals surface area contributed by atoms with Gasteiger partial charge in [-0.25, -0.2) is 15.0 Å². The molecule has 0 radical (unpaired) electrons. The van der Waals surface area contributed by atoms with E-state index in [-0.39, 0.29) is 0 Å². The average Bonchev–Trinajstić information content (AvgIpc) is 2.63. The largest absolute Gasteiger partial charge is 0.361 e. The van der Waals surface area contributed by atoms with E-state index in [9.17, 15) is 0 Å². The van der Waals surface area contributed by atoms with Crippen molar-refractivity contribution in [3.63, 3.8) is 0 Å². The van der Waals surface area contributed by atoms with Crippen molar-refractivity contribution in [3.05, 3.63) is 6.33 Å². The fourth-order valence-corrected chi connectivity index (χ4v) is 1.57. The Bertz CT molecular complexity index is 450. The van der Waals surface area contributed by atoms with Crippen LogP contribution >= 0.6 is 11.8 Å². The van der Waals surface area contributed by atoms with Crippen molar-refractivity contribution in [2.45, 2.75) is 5.16 Å². The van der Waals surface area contributed by atoms with Crippen molar-refractivity contribution in [1.29, 1.82) is 0 Å². The van der Waals surface area contributed by atoms with Gasteiger partial charge < -0.3 is 9.88 Å². The highest BCUT2D eigenvalue weighted by molar-refractivity contribution is 7.98. The van der Waals surface area contributed by atoms with E-state index < -0.39 is 0 Å². The summed E-state index contributed by atoms with van der Waals surface area (Å²) in [5.41, 5.74) is 1.60. The lowest BCUT2D eigenvalue weighted by atomic mass is 10.5. The van der Waals surface area contributed by atoms with Gasteiger partial charge in [0.1, 0.15) is 5.52 Å². The lowest BCUT2D eigenvalue weighted by molar-refractivity contribution is 0.954. The molecule has 0 spiro atoms. The molecule has 2 heterocycles. The molecule has 74 valence electrons. The fraction of sp³-hybridized carbons (Fsp3) is 0.375. The zero-order chi connectivity index (χ0) is 10.1. The quantitative estimate of drug-likeness (QED) is 0.593. The number of aromatic amines is 1. The zero-order valence-corrected chi connectivity index (χ0v) is 9.09. The van der Waals surface area contributed by atoms with Crippen LogP contribution < -0.4 is 4.90 Å². The van der Waals surface area contributed by atoms with Gasteiger partial charge >= 0.3 is 0 Å². The molecule has 14 heavy (non-hydrogen) atoms. The number of anilines is 1. The van der Waals surface area contributed by atoms with Gasteiger partial charge in [0, 0.05) is 14.1 Å². The minimum absolute atomic E-state index is 0.716. The number of hydrogen-bond acceptors (Lipinski definition) is 5. The number of fused-ring (bicyclic) bond motifs is 1. The second-order valence-corrected chi connectivity index (χ2v) is 3.80. The highest BCUT2D eigenvalue weighted by Crippen LogP contribution is 2.21.